The van der Waals surface area contributed by atoms with Crippen LogP contribution >= 0.6 is 11.6 Å². The lowest BCUT2D eigenvalue weighted by molar-refractivity contribution is -0.00000593. The topological polar surface area (TPSA) is 41.5 Å². The van der Waals surface area contributed by atoms with E-state index in [1.807, 2.05) is 42.5 Å². The van der Waals surface area contributed by atoms with Crippen molar-refractivity contribution in [2.24, 2.45) is 0 Å². The van der Waals surface area contributed by atoms with Gasteiger partial charge in [-0.05, 0) is 23.8 Å². The third kappa shape index (κ3) is 5.21. The molecule has 2 aromatic rings. The lowest BCUT2D eigenvalue weighted by Crippen LogP contribution is -3.00. The van der Waals surface area contributed by atoms with Crippen LogP contribution in [0.2, 0.25) is 5.02 Å². The van der Waals surface area contributed by atoms with Gasteiger partial charge in [0, 0.05) is 23.7 Å². The maximum atomic E-state index is 10.1. The lowest BCUT2D eigenvalue weighted by Gasteiger charge is -2.14. The smallest absolute Gasteiger partial charge is 0.123 e. The second-order valence-electron chi connectivity index (χ2n) is 4.51. The van der Waals surface area contributed by atoms with E-state index < -0.39 is 6.10 Å². The average molecular weight is 327 g/mol. The van der Waals surface area contributed by atoms with E-state index in [1.165, 1.54) is 0 Å². The molecule has 2 N–H and O–H groups in total. The van der Waals surface area contributed by atoms with Crippen molar-refractivity contribution in [3.8, 4) is 5.75 Å². The fraction of sp³-hybridized carbons (Fsp3) is 0.250. The molecule has 0 spiro atoms. The molecular formula is C16H18Cl2NO2-. The Morgan fingerprint density at radius 1 is 1.19 bits per heavy atom. The summed E-state index contributed by atoms with van der Waals surface area (Å²) in [5, 5.41) is 13.9. The van der Waals surface area contributed by atoms with Crippen LogP contribution in [0, 0.1) is 0 Å². The summed E-state index contributed by atoms with van der Waals surface area (Å²) in [6, 6.07) is 15.1. The number of methoxy groups -OCH3 is 1. The maximum Gasteiger partial charge on any atom is 0.123 e. The molecule has 2 aromatic carbocycles. The summed E-state index contributed by atoms with van der Waals surface area (Å²) in [6.45, 7) is 1.06. The predicted octanol–water partition coefficient (Wildman–Crippen LogP) is 0.176. The van der Waals surface area contributed by atoms with Gasteiger partial charge in [-0.1, -0.05) is 41.9 Å². The van der Waals surface area contributed by atoms with Crippen molar-refractivity contribution in [3.63, 3.8) is 0 Å². The lowest BCUT2D eigenvalue weighted by atomic mass is 10.1. The second-order valence-corrected chi connectivity index (χ2v) is 4.95. The number of nitrogens with one attached hydrogen (secondary N) is 1. The molecule has 0 amide bonds. The van der Waals surface area contributed by atoms with Gasteiger partial charge in [-0.25, -0.2) is 0 Å². The first-order valence-corrected chi connectivity index (χ1v) is 6.84. The summed E-state index contributed by atoms with van der Waals surface area (Å²) in [5.41, 5.74) is 1.87. The minimum Gasteiger partial charge on any atom is -1.00 e. The van der Waals surface area contributed by atoms with Crippen molar-refractivity contribution in [1.29, 1.82) is 0 Å². The van der Waals surface area contributed by atoms with Gasteiger partial charge < -0.3 is 27.6 Å². The SMILES string of the molecule is COc1ccc(Cl)cc1CNCC(O)c1ccccc1.[Cl-]. The number of hydrogen-bond donors (Lipinski definition) is 2. The molecule has 2 rings (SSSR count). The number of aliphatic hydroxyl groups excluding tert-OH is 1. The van der Waals surface area contributed by atoms with E-state index >= 15 is 0 Å². The summed E-state index contributed by atoms with van der Waals surface area (Å²) in [7, 11) is 1.63. The van der Waals surface area contributed by atoms with Crippen LogP contribution in [0.5, 0.6) is 5.75 Å². The molecule has 1 unspecified atom stereocenters. The van der Waals surface area contributed by atoms with Gasteiger partial charge in [0.25, 0.3) is 0 Å². The van der Waals surface area contributed by atoms with E-state index in [0.29, 0.717) is 18.1 Å². The van der Waals surface area contributed by atoms with Crippen LogP contribution in [0.3, 0.4) is 0 Å². The monoisotopic (exact) mass is 326 g/mol. The molecule has 0 heterocycles. The first-order valence-electron chi connectivity index (χ1n) is 6.47. The molecule has 0 saturated carbocycles. The van der Waals surface area contributed by atoms with Gasteiger partial charge in [0.05, 0.1) is 13.2 Å². The van der Waals surface area contributed by atoms with Crippen LogP contribution in [0.25, 0.3) is 0 Å². The zero-order valence-electron chi connectivity index (χ0n) is 11.7. The van der Waals surface area contributed by atoms with Crippen molar-refractivity contribution in [1.82, 2.24) is 5.32 Å². The molecule has 0 saturated heterocycles. The van der Waals surface area contributed by atoms with Crippen LogP contribution in [0.4, 0.5) is 0 Å². The first kappa shape index (κ1) is 17.8. The van der Waals surface area contributed by atoms with Gasteiger partial charge in [0.2, 0.25) is 0 Å². The van der Waals surface area contributed by atoms with E-state index in [4.69, 9.17) is 16.3 Å². The number of benzene rings is 2. The first-order chi connectivity index (χ1) is 9.70. The van der Waals surface area contributed by atoms with Crippen molar-refractivity contribution in [2.75, 3.05) is 13.7 Å². The molecule has 0 aliphatic heterocycles. The summed E-state index contributed by atoms with van der Waals surface area (Å²) >= 11 is 5.98. The molecule has 114 valence electrons. The standard InChI is InChI=1S/C16H18ClNO2.ClH/c1-20-16-8-7-14(17)9-13(16)10-18-11-15(19)12-5-3-2-4-6-12;/h2-9,15,18-19H,10-11H2,1H3;1H/p-1. The highest BCUT2D eigenvalue weighted by Crippen LogP contribution is 2.22. The van der Waals surface area contributed by atoms with Gasteiger partial charge in [0.1, 0.15) is 5.75 Å². The minimum absolute atomic E-state index is 0. The Morgan fingerprint density at radius 3 is 2.57 bits per heavy atom. The third-order valence-electron chi connectivity index (χ3n) is 3.08. The Bertz CT molecular complexity index is 549. The average Bonchev–Trinajstić information content (AvgIpc) is 2.48. The normalized spacial score (nSPS) is 11.6. The molecule has 21 heavy (non-hydrogen) atoms. The zero-order chi connectivity index (χ0) is 14.4. The minimum atomic E-state index is -0.527. The van der Waals surface area contributed by atoms with Crippen LogP contribution < -0.4 is 22.5 Å². The molecule has 0 aromatic heterocycles. The fourth-order valence-corrected chi connectivity index (χ4v) is 2.22. The molecule has 0 aliphatic rings. The van der Waals surface area contributed by atoms with E-state index in [0.717, 1.165) is 16.9 Å². The summed E-state index contributed by atoms with van der Waals surface area (Å²) in [4.78, 5) is 0. The van der Waals surface area contributed by atoms with Crippen LogP contribution in [-0.4, -0.2) is 18.8 Å². The number of aliphatic hydroxyl groups is 1. The zero-order valence-corrected chi connectivity index (χ0v) is 13.2. The molecule has 5 heteroatoms. The number of ether oxygens (including phenoxy) is 1. The maximum absolute atomic E-state index is 10.1. The second kappa shape index (κ2) is 8.90. The molecular weight excluding hydrogens is 309 g/mol. The molecule has 0 aliphatic carbocycles. The van der Waals surface area contributed by atoms with Gasteiger partial charge in [0.15, 0.2) is 0 Å². The molecule has 3 nitrogen and oxygen atoms in total. The Labute approximate surface area is 136 Å². The van der Waals surface area contributed by atoms with Crippen molar-refractivity contribution >= 4 is 11.6 Å². The van der Waals surface area contributed by atoms with Gasteiger partial charge in [-0.2, -0.15) is 0 Å². The molecule has 1 atom stereocenters. The highest BCUT2D eigenvalue weighted by Gasteiger charge is 2.08. The summed E-state index contributed by atoms with van der Waals surface area (Å²) in [6.07, 6.45) is -0.527. The van der Waals surface area contributed by atoms with Crippen molar-refractivity contribution in [3.05, 3.63) is 64.7 Å². The Balaban J connectivity index is 0.00000220. The van der Waals surface area contributed by atoms with E-state index in [1.54, 1.807) is 13.2 Å². The predicted molar refractivity (Wildman–Crippen MR) is 81.1 cm³/mol. The van der Waals surface area contributed by atoms with Crippen LogP contribution in [-0.2, 0) is 6.54 Å². The molecule has 0 fully saturated rings. The molecule has 0 bridgehead atoms. The fourth-order valence-electron chi connectivity index (χ4n) is 2.02. The van der Waals surface area contributed by atoms with E-state index in [2.05, 4.69) is 5.32 Å². The van der Waals surface area contributed by atoms with Crippen LogP contribution in [0.1, 0.15) is 17.2 Å². The number of rotatable bonds is 6. The molecule has 0 radical (unpaired) electrons. The van der Waals surface area contributed by atoms with Crippen LogP contribution in [0.15, 0.2) is 48.5 Å². The Hall–Kier alpha value is -1.26. The van der Waals surface area contributed by atoms with E-state index in [-0.39, 0.29) is 12.4 Å². The van der Waals surface area contributed by atoms with Gasteiger partial charge in [-0.15, -0.1) is 0 Å². The highest BCUT2D eigenvalue weighted by molar-refractivity contribution is 6.30. The third-order valence-corrected chi connectivity index (χ3v) is 3.32. The summed E-state index contributed by atoms with van der Waals surface area (Å²) in [5.74, 6) is 0.788. The number of halogens is 2. The Kier molecular flexibility index (Phi) is 7.54. The summed E-state index contributed by atoms with van der Waals surface area (Å²) < 4.78 is 5.28. The van der Waals surface area contributed by atoms with Crippen molar-refractivity contribution in [2.45, 2.75) is 12.6 Å². The Morgan fingerprint density at radius 2 is 1.90 bits per heavy atom. The van der Waals surface area contributed by atoms with Gasteiger partial charge in [-0.3, -0.25) is 0 Å². The largest absolute Gasteiger partial charge is 1.00 e. The van der Waals surface area contributed by atoms with Crippen molar-refractivity contribution < 1.29 is 22.3 Å². The number of hydrogen-bond acceptors (Lipinski definition) is 3. The van der Waals surface area contributed by atoms with E-state index in [9.17, 15) is 5.11 Å². The quantitative estimate of drug-likeness (QED) is 0.795. The van der Waals surface area contributed by atoms with Gasteiger partial charge >= 0.3 is 0 Å². The highest BCUT2D eigenvalue weighted by atomic mass is 35.5.